The Morgan fingerprint density at radius 2 is 2.16 bits per heavy atom. The van der Waals surface area contributed by atoms with Crippen LogP contribution in [-0.2, 0) is 9.53 Å². The highest BCUT2D eigenvalue weighted by molar-refractivity contribution is 5.79. The van der Waals surface area contributed by atoms with E-state index in [1.165, 1.54) is 13.5 Å². The lowest BCUT2D eigenvalue weighted by Crippen LogP contribution is -2.51. The largest absolute Gasteiger partial charge is 0.468 e. The fraction of sp³-hybridized carbons (Fsp3) is 0.929. The minimum absolute atomic E-state index is 0.322. The Kier molecular flexibility index (Phi) is 6.23. The number of hydrogen-bond acceptors (Lipinski definition) is 5. The number of nitrogens with two attached hydrogens (primary N) is 1. The van der Waals surface area contributed by atoms with Crippen LogP contribution in [0.3, 0.4) is 0 Å². The quantitative estimate of drug-likeness (QED) is 0.720. The summed E-state index contributed by atoms with van der Waals surface area (Å²) in [5, 5.41) is 0. The van der Waals surface area contributed by atoms with Gasteiger partial charge in [-0.3, -0.25) is 4.79 Å². The molecule has 2 N–H and O–H groups in total. The Morgan fingerprint density at radius 1 is 1.47 bits per heavy atom. The molecule has 0 saturated carbocycles. The molecule has 0 aromatic carbocycles. The number of nitrogens with zero attached hydrogens (tertiary/aromatic N) is 2. The van der Waals surface area contributed by atoms with Crippen molar-refractivity contribution in [2.24, 2.45) is 5.73 Å². The summed E-state index contributed by atoms with van der Waals surface area (Å²) in [6.07, 6.45) is 2.79. The van der Waals surface area contributed by atoms with Crippen molar-refractivity contribution in [1.82, 2.24) is 9.80 Å². The number of carbonyl (C=O) groups is 1. The molecular formula is C14H29N3O2. The predicted molar refractivity (Wildman–Crippen MR) is 77.0 cm³/mol. The monoisotopic (exact) mass is 271 g/mol. The molecule has 1 rings (SSSR count). The first-order chi connectivity index (χ1) is 8.90. The average Bonchev–Trinajstić information content (AvgIpc) is 2.39. The zero-order chi connectivity index (χ0) is 14.5. The predicted octanol–water partition coefficient (Wildman–Crippen LogP) is 0.683. The Hall–Kier alpha value is -0.650. The van der Waals surface area contributed by atoms with Gasteiger partial charge in [-0.25, -0.2) is 0 Å². The summed E-state index contributed by atoms with van der Waals surface area (Å²) in [5.74, 6) is -0.322. The smallest absolute Gasteiger partial charge is 0.325 e. The van der Waals surface area contributed by atoms with Crippen molar-refractivity contribution in [2.75, 3.05) is 40.3 Å². The maximum Gasteiger partial charge on any atom is 0.325 e. The first-order valence-corrected chi connectivity index (χ1v) is 7.20. The molecule has 0 aromatic heterocycles. The first-order valence-electron chi connectivity index (χ1n) is 7.20. The molecule has 1 heterocycles. The van der Waals surface area contributed by atoms with Gasteiger partial charge in [-0.2, -0.15) is 0 Å². The molecule has 2 unspecified atom stereocenters. The van der Waals surface area contributed by atoms with Crippen LogP contribution >= 0.6 is 0 Å². The highest BCUT2D eigenvalue weighted by Gasteiger charge is 2.29. The van der Waals surface area contributed by atoms with Gasteiger partial charge in [0.2, 0.25) is 0 Å². The van der Waals surface area contributed by atoms with Crippen LogP contribution in [0.4, 0.5) is 0 Å². The number of esters is 1. The van der Waals surface area contributed by atoms with Crippen molar-refractivity contribution < 1.29 is 9.53 Å². The van der Waals surface area contributed by atoms with E-state index in [4.69, 9.17) is 10.5 Å². The third-order valence-corrected chi connectivity index (χ3v) is 4.15. The third kappa shape index (κ3) is 4.75. The summed E-state index contributed by atoms with van der Waals surface area (Å²) >= 11 is 0. The number of hydrogen-bond donors (Lipinski definition) is 1. The van der Waals surface area contributed by atoms with Crippen LogP contribution in [0, 0.1) is 0 Å². The van der Waals surface area contributed by atoms with E-state index in [-0.39, 0.29) is 5.97 Å². The van der Waals surface area contributed by atoms with Gasteiger partial charge in [-0.05, 0) is 39.8 Å². The van der Waals surface area contributed by atoms with Crippen molar-refractivity contribution in [1.29, 1.82) is 0 Å². The van der Waals surface area contributed by atoms with Crippen molar-refractivity contribution >= 4 is 5.97 Å². The molecule has 112 valence electrons. The second-order valence-electron chi connectivity index (χ2n) is 5.86. The Balaban J connectivity index is 2.32. The lowest BCUT2D eigenvalue weighted by Gasteiger charge is -2.39. The number of rotatable bonds is 6. The molecule has 0 aromatic rings. The van der Waals surface area contributed by atoms with Crippen LogP contribution < -0.4 is 5.73 Å². The topological polar surface area (TPSA) is 58.8 Å². The zero-order valence-corrected chi connectivity index (χ0v) is 12.8. The molecule has 0 spiro atoms. The highest BCUT2D eigenvalue weighted by atomic mass is 16.5. The number of methoxy groups -OCH3 is 1. The van der Waals surface area contributed by atoms with E-state index >= 15 is 0 Å². The maximum absolute atomic E-state index is 11.5. The summed E-state index contributed by atoms with van der Waals surface area (Å²) in [6.45, 7) is 8.33. The van der Waals surface area contributed by atoms with Crippen molar-refractivity contribution in [3.8, 4) is 0 Å². The van der Waals surface area contributed by atoms with Gasteiger partial charge >= 0.3 is 5.97 Å². The zero-order valence-electron chi connectivity index (χ0n) is 12.8. The molecule has 5 nitrogen and oxygen atoms in total. The Labute approximate surface area is 117 Å². The van der Waals surface area contributed by atoms with E-state index in [2.05, 4.69) is 23.8 Å². The number of piperazine rings is 1. The summed E-state index contributed by atoms with van der Waals surface area (Å²) in [7, 11) is 3.58. The first kappa shape index (κ1) is 16.4. The molecule has 19 heavy (non-hydrogen) atoms. The standard InChI is InChI=1S/C14H29N3O2/c1-5-12-11-17(10-9-16(12)3)8-6-7-14(2,15)13(18)19-4/h12H,5-11,15H2,1-4H3. The summed E-state index contributed by atoms with van der Waals surface area (Å²) in [4.78, 5) is 16.4. The minimum Gasteiger partial charge on any atom is -0.468 e. The van der Waals surface area contributed by atoms with E-state index in [0.717, 1.165) is 32.6 Å². The van der Waals surface area contributed by atoms with Crippen LogP contribution in [-0.4, -0.2) is 67.7 Å². The van der Waals surface area contributed by atoms with E-state index < -0.39 is 5.54 Å². The summed E-state index contributed by atoms with van der Waals surface area (Å²) < 4.78 is 4.72. The second-order valence-corrected chi connectivity index (χ2v) is 5.86. The van der Waals surface area contributed by atoms with E-state index in [1.54, 1.807) is 6.92 Å². The molecular weight excluding hydrogens is 242 g/mol. The minimum atomic E-state index is -0.856. The van der Waals surface area contributed by atoms with Crippen LogP contribution in [0.5, 0.6) is 0 Å². The van der Waals surface area contributed by atoms with Crippen LogP contribution in [0.15, 0.2) is 0 Å². The Bertz CT molecular complexity index is 294. The lowest BCUT2D eigenvalue weighted by molar-refractivity contribution is -0.146. The molecule has 0 bridgehead atoms. The van der Waals surface area contributed by atoms with Gasteiger partial charge in [-0.15, -0.1) is 0 Å². The van der Waals surface area contributed by atoms with Crippen molar-refractivity contribution in [3.05, 3.63) is 0 Å². The molecule has 0 aliphatic carbocycles. The Morgan fingerprint density at radius 3 is 2.74 bits per heavy atom. The molecule has 0 amide bonds. The summed E-state index contributed by atoms with van der Waals surface area (Å²) in [5.41, 5.74) is 5.10. The molecule has 1 aliphatic rings. The van der Waals surface area contributed by atoms with Gasteiger partial charge < -0.3 is 20.3 Å². The molecule has 0 radical (unpaired) electrons. The van der Waals surface area contributed by atoms with Crippen molar-refractivity contribution in [3.63, 3.8) is 0 Å². The number of carbonyl (C=O) groups excluding carboxylic acids is 1. The highest BCUT2D eigenvalue weighted by Crippen LogP contribution is 2.14. The van der Waals surface area contributed by atoms with E-state index in [1.807, 2.05) is 0 Å². The van der Waals surface area contributed by atoms with Crippen LogP contribution in [0.25, 0.3) is 0 Å². The average molecular weight is 271 g/mol. The van der Waals surface area contributed by atoms with Gasteiger partial charge in [-0.1, -0.05) is 6.92 Å². The maximum atomic E-state index is 11.5. The van der Waals surface area contributed by atoms with Crippen LogP contribution in [0.1, 0.15) is 33.1 Å². The lowest BCUT2D eigenvalue weighted by atomic mass is 9.97. The van der Waals surface area contributed by atoms with Crippen molar-refractivity contribution in [2.45, 2.75) is 44.7 Å². The third-order valence-electron chi connectivity index (χ3n) is 4.15. The fourth-order valence-corrected chi connectivity index (χ4v) is 2.66. The SMILES string of the molecule is CCC1CN(CCCC(C)(N)C(=O)OC)CCN1C. The summed E-state index contributed by atoms with van der Waals surface area (Å²) in [6, 6.07) is 0.651. The molecule has 1 aliphatic heterocycles. The van der Waals surface area contributed by atoms with Gasteiger partial charge in [0, 0.05) is 25.7 Å². The second kappa shape index (κ2) is 7.22. The van der Waals surface area contributed by atoms with Gasteiger partial charge in [0.05, 0.1) is 7.11 Å². The molecule has 1 fully saturated rings. The van der Waals surface area contributed by atoms with E-state index in [9.17, 15) is 4.79 Å². The normalized spacial score (nSPS) is 25.0. The number of likely N-dealkylation sites (N-methyl/N-ethyl adjacent to an activating group) is 1. The van der Waals surface area contributed by atoms with Gasteiger partial charge in [0.25, 0.3) is 0 Å². The molecule has 5 heteroatoms. The van der Waals surface area contributed by atoms with Crippen LogP contribution in [0.2, 0.25) is 0 Å². The molecule has 1 saturated heterocycles. The number of ether oxygens (including phenoxy) is 1. The fourth-order valence-electron chi connectivity index (χ4n) is 2.66. The molecule has 2 atom stereocenters. The van der Waals surface area contributed by atoms with Gasteiger partial charge in [0.15, 0.2) is 0 Å². The van der Waals surface area contributed by atoms with Gasteiger partial charge in [0.1, 0.15) is 5.54 Å². The van der Waals surface area contributed by atoms with E-state index in [0.29, 0.717) is 12.5 Å².